The fourth-order valence-corrected chi connectivity index (χ4v) is 2.68. The summed E-state index contributed by atoms with van der Waals surface area (Å²) in [5, 5.41) is 2.89. The Labute approximate surface area is 152 Å². The van der Waals surface area contributed by atoms with E-state index in [1.165, 1.54) is 5.56 Å². The van der Waals surface area contributed by atoms with Crippen LogP contribution in [0.2, 0.25) is 0 Å². The highest BCUT2D eigenvalue weighted by Gasteiger charge is 2.19. The fraction of sp³-hybridized carbons (Fsp3) is 0.350. The zero-order valence-corrected chi connectivity index (χ0v) is 16.2. The molecule has 2 aromatic rings. The number of carbonyl (C=O) groups is 1. The van der Waals surface area contributed by atoms with Gasteiger partial charge in [0, 0.05) is 16.6 Å². The predicted molar refractivity (Wildman–Crippen MR) is 101 cm³/mol. The Morgan fingerprint density at radius 3 is 2.42 bits per heavy atom. The predicted octanol–water partition coefficient (Wildman–Crippen LogP) is 4.75. The van der Waals surface area contributed by atoms with Gasteiger partial charge in [0.1, 0.15) is 5.75 Å². The second-order valence-corrected chi connectivity index (χ2v) is 7.86. The van der Waals surface area contributed by atoms with Crippen LogP contribution < -0.4 is 10.1 Å². The molecule has 1 N–H and O–H groups in total. The van der Waals surface area contributed by atoms with Crippen LogP contribution in [-0.4, -0.2) is 12.5 Å². The molecule has 0 saturated carbocycles. The van der Waals surface area contributed by atoms with E-state index in [0.29, 0.717) is 6.54 Å². The van der Waals surface area contributed by atoms with E-state index in [2.05, 4.69) is 42.0 Å². The lowest BCUT2D eigenvalue weighted by Crippen LogP contribution is -2.29. The van der Waals surface area contributed by atoms with Gasteiger partial charge in [0.05, 0.1) is 0 Å². The van der Waals surface area contributed by atoms with Gasteiger partial charge in [-0.3, -0.25) is 4.79 Å². The van der Waals surface area contributed by atoms with Gasteiger partial charge in [0.15, 0.2) is 6.61 Å². The second kappa shape index (κ2) is 7.84. The summed E-state index contributed by atoms with van der Waals surface area (Å²) >= 11 is 3.49. The van der Waals surface area contributed by atoms with Crippen molar-refractivity contribution in [1.29, 1.82) is 0 Å². The average Bonchev–Trinajstić information content (AvgIpc) is 2.52. The van der Waals surface area contributed by atoms with Crippen LogP contribution in [0.25, 0.3) is 0 Å². The monoisotopic (exact) mass is 389 g/mol. The molecule has 0 aliphatic rings. The number of ether oxygens (including phenoxy) is 1. The number of carbonyl (C=O) groups excluding carboxylic acids is 1. The van der Waals surface area contributed by atoms with E-state index >= 15 is 0 Å². The van der Waals surface area contributed by atoms with Gasteiger partial charge in [-0.05, 0) is 36.1 Å². The number of hydrogen-bond acceptors (Lipinski definition) is 2. The zero-order valence-electron chi connectivity index (χ0n) is 14.7. The Hall–Kier alpha value is -1.81. The lowest BCUT2D eigenvalue weighted by molar-refractivity contribution is -0.123. The van der Waals surface area contributed by atoms with Crippen molar-refractivity contribution < 1.29 is 9.53 Å². The summed E-state index contributed by atoms with van der Waals surface area (Å²) in [5.41, 5.74) is 3.30. The van der Waals surface area contributed by atoms with E-state index < -0.39 is 0 Å². The molecule has 2 aromatic carbocycles. The van der Waals surface area contributed by atoms with Crippen molar-refractivity contribution in [2.45, 2.75) is 39.7 Å². The highest BCUT2D eigenvalue weighted by molar-refractivity contribution is 9.10. The van der Waals surface area contributed by atoms with Gasteiger partial charge in [-0.2, -0.15) is 0 Å². The molecular formula is C20H24BrNO2. The zero-order chi connectivity index (χ0) is 17.7. The molecule has 0 aliphatic carbocycles. The first kappa shape index (κ1) is 18.5. The first-order valence-electron chi connectivity index (χ1n) is 8.01. The summed E-state index contributed by atoms with van der Waals surface area (Å²) in [6, 6.07) is 14.0. The van der Waals surface area contributed by atoms with Crippen molar-refractivity contribution in [3.63, 3.8) is 0 Å². The molecule has 2 rings (SSSR count). The van der Waals surface area contributed by atoms with Crippen molar-refractivity contribution >= 4 is 21.8 Å². The summed E-state index contributed by atoms with van der Waals surface area (Å²) in [6.45, 7) is 8.93. The fourth-order valence-electron chi connectivity index (χ4n) is 2.32. The molecule has 0 aliphatic heterocycles. The van der Waals surface area contributed by atoms with Crippen molar-refractivity contribution in [2.75, 3.05) is 6.61 Å². The molecule has 1 amide bonds. The normalized spacial score (nSPS) is 11.2. The SMILES string of the molecule is Cc1ccc(CNC(=O)COc2ccc(Br)cc2C(C)(C)C)cc1. The second-order valence-electron chi connectivity index (χ2n) is 6.94. The highest BCUT2D eigenvalue weighted by atomic mass is 79.9. The minimum Gasteiger partial charge on any atom is -0.483 e. The topological polar surface area (TPSA) is 38.3 Å². The van der Waals surface area contributed by atoms with Crippen LogP contribution in [0.5, 0.6) is 5.75 Å². The Morgan fingerprint density at radius 1 is 1.12 bits per heavy atom. The molecule has 0 bridgehead atoms. The van der Waals surface area contributed by atoms with Gasteiger partial charge in [0.25, 0.3) is 5.91 Å². The van der Waals surface area contributed by atoms with E-state index in [9.17, 15) is 4.79 Å². The molecule has 4 heteroatoms. The number of hydrogen-bond donors (Lipinski definition) is 1. The minimum atomic E-state index is -0.127. The van der Waals surface area contributed by atoms with Gasteiger partial charge in [-0.15, -0.1) is 0 Å². The lowest BCUT2D eigenvalue weighted by Gasteiger charge is -2.23. The highest BCUT2D eigenvalue weighted by Crippen LogP contribution is 2.33. The van der Waals surface area contributed by atoms with E-state index in [0.717, 1.165) is 21.3 Å². The standard InChI is InChI=1S/C20H24BrNO2/c1-14-5-7-15(8-6-14)12-22-19(23)13-24-18-10-9-16(21)11-17(18)20(2,3)4/h5-11H,12-13H2,1-4H3,(H,22,23). The van der Waals surface area contributed by atoms with Crippen LogP contribution >= 0.6 is 15.9 Å². The van der Waals surface area contributed by atoms with Crippen LogP contribution in [0.1, 0.15) is 37.5 Å². The molecule has 0 spiro atoms. The van der Waals surface area contributed by atoms with E-state index in [1.54, 1.807) is 0 Å². The van der Waals surface area contributed by atoms with Gasteiger partial charge >= 0.3 is 0 Å². The third-order valence-electron chi connectivity index (χ3n) is 3.72. The minimum absolute atomic E-state index is 0.0105. The van der Waals surface area contributed by atoms with Crippen molar-refractivity contribution in [1.82, 2.24) is 5.32 Å². The molecule has 0 fully saturated rings. The third kappa shape index (κ3) is 5.38. The smallest absolute Gasteiger partial charge is 0.258 e. The number of halogens is 1. The summed E-state index contributed by atoms with van der Waals surface area (Å²) in [5.74, 6) is 0.620. The first-order valence-corrected chi connectivity index (χ1v) is 8.80. The Balaban J connectivity index is 1.93. The van der Waals surface area contributed by atoms with Gasteiger partial charge in [0.2, 0.25) is 0 Å². The molecule has 128 valence electrons. The number of rotatable bonds is 5. The molecule has 0 atom stereocenters. The summed E-state index contributed by atoms with van der Waals surface area (Å²) < 4.78 is 6.76. The Kier molecular flexibility index (Phi) is 6.05. The number of amides is 1. The maximum atomic E-state index is 12.0. The molecule has 0 heterocycles. The van der Waals surface area contributed by atoms with Crippen LogP contribution in [0.4, 0.5) is 0 Å². The van der Waals surface area contributed by atoms with Crippen LogP contribution in [0.3, 0.4) is 0 Å². The Morgan fingerprint density at radius 2 is 1.79 bits per heavy atom. The molecule has 24 heavy (non-hydrogen) atoms. The number of aryl methyl sites for hydroxylation is 1. The average molecular weight is 390 g/mol. The van der Waals surface area contributed by atoms with E-state index in [-0.39, 0.29) is 17.9 Å². The molecule has 0 aromatic heterocycles. The summed E-state index contributed by atoms with van der Waals surface area (Å²) in [7, 11) is 0. The Bertz CT molecular complexity index is 703. The van der Waals surface area contributed by atoms with Crippen LogP contribution in [0.15, 0.2) is 46.9 Å². The maximum absolute atomic E-state index is 12.0. The van der Waals surface area contributed by atoms with Crippen LogP contribution in [-0.2, 0) is 16.8 Å². The van der Waals surface area contributed by atoms with E-state index in [1.807, 2.05) is 49.4 Å². The quantitative estimate of drug-likeness (QED) is 0.800. The molecule has 0 saturated heterocycles. The largest absolute Gasteiger partial charge is 0.483 e. The van der Waals surface area contributed by atoms with Crippen molar-refractivity contribution in [2.24, 2.45) is 0 Å². The summed E-state index contributed by atoms with van der Waals surface area (Å²) in [4.78, 5) is 12.0. The summed E-state index contributed by atoms with van der Waals surface area (Å²) in [6.07, 6.45) is 0. The lowest BCUT2D eigenvalue weighted by atomic mass is 9.86. The molecule has 0 unspecified atom stereocenters. The van der Waals surface area contributed by atoms with Crippen molar-refractivity contribution in [3.05, 3.63) is 63.6 Å². The number of nitrogens with one attached hydrogen (secondary N) is 1. The van der Waals surface area contributed by atoms with Crippen molar-refractivity contribution in [3.8, 4) is 5.75 Å². The van der Waals surface area contributed by atoms with E-state index in [4.69, 9.17) is 4.74 Å². The maximum Gasteiger partial charge on any atom is 0.258 e. The van der Waals surface area contributed by atoms with Gasteiger partial charge in [-0.25, -0.2) is 0 Å². The molecule has 0 radical (unpaired) electrons. The first-order chi connectivity index (χ1) is 11.3. The molecular weight excluding hydrogens is 366 g/mol. The molecule has 3 nitrogen and oxygen atoms in total. The van der Waals surface area contributed by atoms with Gasteiger partial charge in [-0.1, -0.05) is 66.5 Å². The van der Waals surface area contributed by atoms with Gasteiger partial charge < -0.3 is 10.1 Å². The third-order valence-corrected chi connectivity index (χ3v) is 4.21. The number of benzene rings is 2. The van der Waals surface area contributed by atoms with Crippen LogP contribution in [0, 0.1) is 6.92 Å².